The Morgan fingerprint density at radius 2 is 1.68 bits per heavy atom. The van der Waals surface area contributed by atoms with Crippen LogP contribution < -0.4 is 16.4 Å². The van der Waals surface area contributed by atoms with Crippen LogP contribution in [0.1, 0.15) is 28.4 Å². The number of nitrogens with two attached hydrogens (primary N) is 1. The van der Waals surface area contributed by atoms with Gasteiger partial charge in [-0.2, -0.15) is 0 Å². The largest absolute Gasteiger partial charge is 0.366 e. The summed E-state index contributed by atoms with van der Waals surface area (Å²) >= 11 is 5.89. The van der Waals surface area contributed by atoms with Gasteiger partial charge < -0.3 is 16.4 Å². The first-order valence-electron chi connectivity index (χ1n) is 8.24. The maximum absolute atomic E-state index is 11.1. The van der Waals surface area contributed by atoms with Gasteiger partial charge in [-0.05, 0) is 48.7 Å². The van der Waals surface area contributed by atoms with Crippen molar-refractivity contribution in [2.24, 2.45) is 10.7 Å². The van der Waals surface area contributed by atoms with Crippen molar-refractivity contribution in [3.8, 4) is 0 Å². The van der Waals surface area contributed by atoms with Gasteiger partial charge in [-0.1, -0.05) is 35.9 Å². The molecule has 2 aromatic rings. The van der Waals surface area contributed by atoms with Crippen LogP contribution in [-0.4, -0.2) is 25.0 Å². The zero-order valence-corrected chi connectivity index (χ0v) is 15.0. The third-order valence-corrected chi connectivity index (χ3v) is 3.87. The number of carbonyl (C=O) groups excluding carboxylic acids is 1. The smallest absolute Gasteiger partial charge is 0.248 e. The predicted molar refractivity (Wildman–Crippen MR) is 103 cm³/mol. The summed E-state index contributed by atoms with van der Waals surface area (Å²) in [6.45, 7) is 4.11. The molecule has 0 atom stereocenters. The van der Waals surface area contributed by atoms with Gasteiger partial charge in [0, 0.05) is 23.7 Å². The SMILES string of the molecule is CCNC(=NCc1ccc(C(N)=O)cc1)NCCc1ccc(Cl)cc1. The van der Waals surface area contributed by atoms with Gasteiger partial charge in [0.2, 0.25) is 5.91 Å². The Hall–Kier alpha value is -2.53. The lowest BCUT2D eigenvalue weighted by Gasteiger charge is -2.11. The summed E-state index contributed by atoms with van der Waals surface area (Å²) in [4.78, 5) is 15.6. The van der Waals surface area contributed by atoms with Crippen molar-refractivity contribution >= 4 is 23.5 Å². The standard InChI is InChI=1S/C19H23ClN4O/c1-2-22-19(23-12-11-14-5-9-17(20)10-6-14)24-13-15-3-7-16(8-4-15)18(21)25/h3-10H,2,11-13H2,1H3,(H2,21,25)(H2,22,23,24). The third-order valence-electron chi connectivity index (χ3n) is 3.62. The lowest BCUT2D eigenvalue weighted by Crippen LogP contribution is -2.38. The minimum absolute atomic E-state index is 0.424. The van der Waals surface area contributed by atoms with Crippen LogP contribution >= 0.6 is 11.6 Å². The topological polar surface area (TPSA) is 79.5 Å². The molecule has 4 N–H and O–H groups in total. The van der Waals surface area contributed by atoms with E-state index < -0.39 is 5.91 Å². The van der Waals surface area contributed by atoms with Crippen molar-refractivity contribution in [3.05, 3.63) is 70.2 Å². The van der Waals surface area contributed by atoms with Crippen molar-refractivity contribution in [3.63, 3.8) is 0 Å². The van der Waals surface area contributed by atoms with Crippen molar-refractivity contribution in [1.29, 1.82) is 0 Å². The van der Waals surface area contributed by atoms with E-state index in [1.54, 1.807) is 12.1 Å². The fourth-order valence-electron chi connectivity index (χ4n) is 2.26. The summed E-state index contributed by atoms with van der Waals surface area (Å²) in [5.74, 6) is 0.336. The number of nitrogens with zero attached hydrogens (tertiary/aromatic N) is 1. The van der Waals surface area contributed by atoms with Gasteiger partial charge in [0.05, 0.1) is 6.54 Å². The molecule has 0 aliphatic rings. The molecular formula is C19H23ClN4O. The molecule has 132 valence electrons. The Kier molecular flexibility index (Phi) is 7.29. The minimum Gasteiger partial charge on any atom is -0.366 e. The van der Waals surface area contributed by atoms with Crippen LogP contribution in [0.25, 0.3) is 0 Å². The third kappa shape index (κ3) is 6.47. The molecule has 0 radical (unpaired) electrons. The van der Waals surface area contributed by atoms with Gasteiger partial charge in [-0.3, -0.25) is 4.79 Å². The van der Waals surface area contributed by atoms with Crippen LogP contribution in [0.15, 0.2) is 53.5 Å². The number of halogens is 1. The van der Waals surface area contributed by atoms with E-state index in [-0.39, 0.29) is 0 Å². The monoisotopic (exact) mass is 358 g/mol. The quantitative estimate of drug-likeness (QED) is 0.526. The Morgan fingerprint density at radius 1 is 1.04 bits per heavy atom. The first-order chi connectivity index (χ1) is 12.1. The highest BCUT2D eigenvalue weighted by atomic mass is 35.5. The average molecular weight is 359 g/mol. The van der Waals surface area contributed by atoms with Gasteiger partial charge in [0.1, 0.15) is 0 Å². The van der Waals surface area contributed by atoms with E-state index in [0.29, 0.717) is 12.1 Å². The fourth-order valence-corrected chi connectivity index (χ4v) is 2.39. The number of rotatable bonds is 7. The van der Waals surface area contributed by atoms with Gasteiger partial charge in [-0.25, -0.2) is 4.99 Å². The predicted octanol–water partition coefficient (Wildman–Crippen LogP) is 2.74. The van der Waals surface area contributed by atoms with Crippen LogP contribution in [0.4, 0.5) is 0 Å². The molecule has 0 saturated heterocycles. The summed E-state index contributed by atoms with van der Waals surface area (Å²) in [7, 11) is 0. The van der Waals surface area contributed by atoms with E-state index in [4.69, 9.17) is 17.3 Å². The maximum Gasteiger partial charge on any atom is 0.248 e. The molecule has 0 aliphatic heterocycles. The van der Waals surface area contributed by atoms with Crippen molar-refractivity contribution in [2.75, 3.05) is 13.1 Å². The van der Waals surface area contributed by atoms with E-state index >= 15 is 0 Å². The zero-order chi connectivity index (χ0) is 18.1. The molecule has 0 fully saturated rings. The second kappa shape index (κ2) is 9.69. The molecule has 0 aliphatic carbocycles. The number of primary amides is 1. The number of guanidine groups is 1. The van der Waals surface area contributed by atoms with Crippen molar-refractivity contribution in [2.45, 2.75) is 19.9 Å². The van der Waals surface area contributed by atoms with Crippen LogP contribution in [-0.2, 0) is 13.0 Å². The molecule has 0 saturated carbocycles. The minimum atomic E-state index is -0.424. The molecule has 0 heterocycles. The molecule has 0 spiro atoms. The molecule has 6 heteroatoms. The van der Waals surface area contributed by atoms with Crippen LogP contribution in [0.2, 0.25) is 5.02 Å². The zero-order valence-electron chi connectivity index (χ0n) is 14.3. The lowest BCUT2D eigenvalue weighted by molar-refractivity contribution is 0.100. The molecule has 0 unspecified atom stereocenters. The van der Waals surface area contributed by atoms with Crippen LogP contribution in [0, 0.1) is 0 Å². The highest BCUT2D eigenvalue weighted by Crippen LogP contribution is 2.09. The Labute approximate surface area is 153 Å². The number of hydrogen-bond donors (Lipinski definition) is 3. The van der Waals surface area contributed by atoms with E-state index in [1.807, 2.05) is 43.3 Å². The number of hydrogen-bond acceptors (Lipinski definition) is 2. The molecule has 5 nitrogen and oxygen atoms in total. The molecule has 0 bridgehead atoms. The Morgan fingerprint density at radius 3 is 2.28 bits per heavy atom. The first-order valence-corrected chi connectivity index (χ1v) is 8.61. The van der Waals surface area contributed by atoms with Gasteiger partial charge in [-0.15, -0.1) is 0 Å². The van der Waals surface area contributed by atoms with E-state index in [0.717, 1.165) is 36.1 Å². The van der Waals surface area contributed by atoms with E-state index in [1.165, 1.54) is 5.56 Å². The van der Waals surface area contributed by atoms with Gasteiger partial charge in [0.25, 0.3) is 0 Å². The number of amides is 1. The molecule has 25 heavy (non-hydrogen) atoms. The molecule has 1 amide bonds. The molecule has 2 aromatic carbocycles. The van der Waals surface area contributed by atoms with Crippen LogP contribution in [0.3, 0.4) is 0 Å². The van der Waals surface area contributed by atoms with E-state index in [2.05, 4.69) is 15.6 Å². The number of benzene rings is 2. The lowest BCUT2D eigenvalue weighted by atomic mass is 10.1. The fraction of sp³-hybridized carbons (Fsp3) is 0.263. The van der Waals surface area contributed by atoms with E-state index in [9.17, 15) is 4.79 Å². The molecule has 0 aromatic heterocycles. The van der Waals surface area contributed by atoms with Crippen molar-refractivity contribution in [1.82, 2.24) is 10.6 Å². The highest BCUT2D eigenvalue weighted by molar-refractivity contribution is 6.30. The number of carbonyl (C=O) groups is 1. The molecule has 2 rings (SSSR count). The second-order valence-corrected chi connectivity index (χ2v) is 6.00. The molecular weight excluding hydrogens is 336 g/mol. The Balaban J connectivity index is 1.88. The summed E-state index contributed by atoms with van der Waals surface area (Å²) < 4.78 is 0. The maximum atomic E-state index is 11.1. The summed E-state index contributed by atoms with van der Waals surface area (Å²) in [5, 5.41) is 7.28. The normalized spacial score (nSPS) is 11.2. The summed E-state index contributed by atoms with van der Waals surface area (Å²) in [6, 6.07) is 15.0. The highest BCUT2D eigenvalue weighted by Gasteiger charge is 2.01. The number of aliphatic imine (C=N–C) groups is 1. The second-order valence-electron chi connectivity index (χ2n) is 5.56. The van der Waals surface area contributed by atoms with Crippen molar-refractivity contribution < 1.29 is 4.79 Å². The van der Waals surface area contributed by atoms with Gasteiger partial charge >= 0.3 is 0 Å². The summed E-state index contributed by atoms with van der Waals surface area (Å²) in [6.07, 6.45) is 0.884. The Bertz CT molecular complexity index is 711. The first kappa shape index (κ1) is 18.8. The van der Waals surface area contributed by atoms with Gasteiger partial charge in [0.15, 0.2) is 5.96 Å². The van der Waals surface area contributed by atoms with Crippen LogP contribution in [0.5, 0.6) is 0 Å². The summed E-state index contributed by atoms with van der Waals surface area (Å²) in [5.41, 5.74) is 7.97. The average Bonchev–Trinajstić information content (AvgIpc) is 2.61. The number of nitrogens with one attached hydrogen (secondary N) is 2.